The van der Waals surface area contributed by atoms with E-state index in [0.717, 1.165) is 50.5 Å². The lowest BCUT2D eigenvalue weighted by Gasteiger charge is -2.01. The summed E-state index contributed by atoms with van der Waals surface area (Å²) in [6.45, 7) is 0. The van der Waals surface area contributed by atoms with Gasteiger partial charge >= 0.3 is 0 Å². The normalized spacial score (nSPS) is 11.3. The highest BCUT2D eigenvalue weighted by atomic mass is 15.0. The zero-order valence-electron chi connectivity index (χ0n) is 15.7. The Kier molecular flexibility index (Phi) is 3.64. The van der Waals surface area contributed by atoms with Crippen molar-refractivity contribution in [3.05, 3.63) is 79.5 Å². The first-order chi connectivity index (χ1) is 14.8. The first-order valence-corrected chi connectivity index (χ1v) is 9.50. The first-order valence-electron chi connectivity index (χ1n) is 9.50. The Bertz CT molecular complexity index is 1370. The fourth-order valence-corrected chi connectivity index (χ4v) is 3.54. The van der Waals surface area contributed by atoms with Crippen LogP contribution in [-0.2, 0) is 0 Å². The average Bonchev–Trinajstić information content (AvgIpc) is 3.43. The van der Waals surface area contributed by atoms with Gasteiger partial charge in [-0.3, -0.25) is 9.97 Å². The van der Waals surface area contributed by atoms with Gasteiger partial charge in [-0.05, 0) is 48.0 Å². The maximum Gasteiger partial charge on any atom is 0.178 e. The molecule has 0 saturated carbocycles. The van der Waals surface area contributed by atoms with Gasteiger partial charge in [0.1, 0.15) is 11.6 Å². The molecule has 6 aromatic rings. The Morgan fingerprint density at radius 1 is 0.567 bits per heavy atom. The van der Waals surface area contributed by atoms with Crippen molar-refractivity contribution in [1.82, 2.24) is 34.9 Å². The van der Waals surface area contributed by atoms with Gasteiger partial charge in [-0.1, -0.05) is 6.07 Å². The number of benzene rings is 1. The van der Waals surface area contributed by atoms with E-state index in [0.29, 0.717) is 5.65 Å². The second-order valence-corrected chi connectivity index (χ2v) is 6.97. The zero-order valence-corrected chi connectivity index (χ0v) is 15.7. The molecular weight excluding hydrogens is 374 g/mol. The van der Waals surface area contributed by atoms with E-state index in [9.17, 15) is 0 Å². The second-order valence-electron chi connectivity index (χ2n) is 6.97. The van der Waals surface area contributed by atoms with Crippen LogP contribution in [-0.4, -0.2) is 34.9 Å². The van der Waals surface area contributed by atoms with E-state index >= 15 is 0 Å². The number of aromatic nitrogens is 7. The third kappa shape index (κ3) is 2.80. The van der Waals surface area contributed by atoms with Crippen LogP contribution in [0.2, 0.25) is 0 Å². The number of aromatic amines is 2. The molecule has 0 aliphatic rings. The van der Waals surface area contributed by atoms with Crippen LogP contribution in [0.15, 0.2) is 79.5 Å². The van der Waals surface area contributed by atoms with Gasteiger partial charge in [0.2, 0.25) is 0 Å². The molecule has 0 saturated heterocycles. The predicted molar refractivity (Wildman–Crippen MR) is 115 cm³/mol. The smallest absolute Gasteiger partial charge is 0.178 e. The summed E-state index contributed by atoms with van der Waals surface area (Å²) in [6, 6.07) is 16.0. The molecule has 5 heterocycles. The summed E-state index contributed by atoms with van der Waals surface area (Å²) in [4.78, 5) is 28.7. The molecule has 7 heteroatoms. The Labute approximate surface area is 170 Å². The fraction of sp³-hybridized carbons (Fsp3) is 0. The van der Waals surface area contributed by atoms with Gasteiger partial charge in [0.15, 0.2) is 5.65 Å². The number of hydrogen-bond acceptors (Lipinski definition) is 5. The molecule has 0 bridgehead atoms. The maximum atomic E-state index is 4.75. The highest BCUT2D eigenvalue weighted by Crippen LogP contribution is 2.28. The number of fused-ring (bicyclic) bond motifs is 2. The molecule has 0 atom stereocenters. The van der Waals surface area contributed by atoms with Crippen LogP contribution in [0.25, 0.3) is 56.1 Å². The molecule has 30 heavy (non-hydrogen) atoms. The number of imidazole rings is 2. The van der Waals surface area contributed by atoms with Crippen LogP contribution in [0.1, 0.15) is 0 Å². The maximum absolute atomic E-state index is 4.75. The Hall–Kier alpha value is -4.39. The van der Waals surface area contributed by atoms with Crippen molar-refractivity contribution >= 4 is 22.2 Å². The van der Waals surface area contributed by atoms with Crippen LogP contribution in [0, 0.1) is 0 Å². The summed E-state index contributed by atoms with van der Waals surface area (Å²) in [5.74, 6) is 1.61. The number of nitrogens with zero attached hydrogens (tertiary/aromatic N) is 5. The lowest BCUT2D eigenvalue weighted by atomic mass is 10.1. The van der Waals surface area contributed by atoms with Crippen LogP contribution in [0.5, 0.6) is 0 Å². The van der Waals surface area contributed by atoms with Crippen molar-refractivity contribution in [3.63, 3.8) is 0 Å². The van der Waals surface area contributed by atoms with Crippen molar-refractivity contribution < 1.29 is 0 Å². The van der Waals surface area contributed by atoms with Gasteiger partial charge in [0.05, 0.1) is 16.6 Å². The van der Waals surface area contributed by atoms with Gasteiger partial charge in [-0.2, -0.15) is 0 Å². The monoisotopic (exact) mass is 389 g/mol. The molecule has 6 rings (SSSR count). The summed E-state index contributed by atoms with van der Waals surface area (Å²) < 4.78 is 0. The molecule has 0 fully saturated rings. The lowest BCUT2D eigenvalue weighted by Crippen LogP contribution is -1.82. The van der Waals surface area contributed by atoms with Gasteiger partial charge in [-0.15, -0.1) is 0 Å². The molecule has 0 radical (unpaired) electrons. The van der Waals surface area contributed by atoms with E-state index in [1.807, 2.05) is 36.5 Å². The number of nitrogens with one attached hydrogen (secondary N) is 2. The highest BCUT2D eigenvalue weighted by Gasteiger charge is 2.10. The van der Waals surface area contributed by atoms with E-state index in [1.165, 1.54) is 0 Å². The fourth-order valence-electron chi connectivity index (χ4n) is 3.54. The Morgan fingerprint density at radius 3 is 1.97 bits per heavy atom. The first kappa shape index (κ1) is 16.6. The minimum atomic E-state index is 0.686. The van der Waals surface area contributed by atoms with E-state index < -0.39 is 0 Å². The molecule has 5 aromatic heterocycles. The topological polar surface area (TPSA) is 96.0 Å². The number of hydrogen-bond donors (Lipinski definition) is 2. The van der Waals surface area contributed by atoms with Crippen LogP contribution in [0.3, 0.4) is 0 Å². The lowest BCUT2D eigenvalue weighted by molar-refractivity contribution is 1.27. The molecular formula is C23H15N7. The number of rotatable bonds is 3. The van der Waals surface area contributed by atoms with Crippen molar-refractivity contribution in [2.24, 2.45) is 0 Å². The summed E-state index contributed by atoms with van der Waals surface area (Å²) in [6.07, 6.45) is 8.87. The molecule has 0 aliphatic heterocycles. The standard InChI is InChI=1S/C23H15N7/c1-2-18-19(28-21(27-18)14-3-7-24-8-4-14)11-16(1)17-12-20-23(26-13-17)30-22(29-20)15-5-9-25-10-6-15/h1-13H,(H,27,28)(H,26,29,30). The molecule has 0 amide bonds. The minimum absolute atomic E-state index is 0.686. The van der Waals surface area contributed by atoms with Gasteiger partial charge in [0, 0.05) is 47.7 Å². The van der Waals surface area contributed by atoms with E-state index in [-0.39, 0.29) is 0 Å². The largest absolute Gasteiger partial charge is 0.338 e. The Morgan fingerprint density at radius 2 is 1.23 bits per heavy atom. The molecule has 7 nitrogen and oxygen atoms in total. The molecule has 0 unspecified atom stereocenters. The van der Waals surface area contributed by atoms with Crippen molar-refractivity contribution in [2.45, 2.75) is 0 Å². The predicted octanol–water partition coefficient (Wildman–Crippen LogP) is 4.63. The van der Waals surface area contributed by atoms with E-state index in [4.69, 9.17) is 4.98 Å². The van der Waals surface area contributed by atoms with Crippen LogP contribution < -0.4 is 0 Å². The van der Waals surface area contributed by atoms with Gasteiger partial charge in [0.25, 0.3) is 0 Å². The van der Waals surface area contributed by atoms with E-state index in [2.05, 4.69) is 48.1 Å². The van der Waals surface area contributed by atoms with E-state index in [1.54, 1.807) is 24.8 Å². The SMILES string of the molecule is c1cc(-c2nc3cc(-c4cnc5nc(-c6ccncc6)[nH]c5c4)ccc3[nH]2)ccn1. The average molecular weight is 389 g/mol. The Balaban J connectivity index is 1.40. The quantitative estimate of drug-likeness (QED) is 0.460. The number of H-pyrrole nitrogens is 2. The summed E-state index contributed by atoms with van der Waals surface area (Å²) in [7, 11) is 0. The molecule has 0 aliphatic carbocycles. The molecule has 142 valence electrons. The van der Waals surface area contributed by atoms with Gasteiger partial charge in [-0.25, -0.2) is 15.0 Å². The van der Waals surface area contributed by atoms with Crippen molar-refractivity contribution in [1.29, 1.82) is 0 Å². The second kappa shape index (κ2) is 6.59. The zero-order chi connectivity index (χ0) is 19.9. The highest BCUT2D eigenvalue weighted by molar-refractivity contribution is 5.87. The van der Waals surface area contributed by atoms with Gasteiger partial charge < -0.3 is 9.97 Å². The molecule has 0 spiro atoms. The minimum Gasteiger partial charge on any atom is -0.338 e. The summed E-state index contributed by atoms with van der Waals surface area (Å²) in [5.41, 5.74) is 7.50. The third-order valence-corrected chi connectivity index (χ3v) is 5.06. The molecule has 2 N–H and O–H groups in total. The number of pyridine rings is 3. The molecule has 1 aromatic carbocycles. The summed E-state index contributed by atoms with van der Waals surface area (Å²) >= 11 is 0. The van der Waals surface area contributed by atoms with Crippen molar-refractivity contribution in [3.8, 4) is 33.9 Å². The van der Waals surface area contributed by atoms with Crippen LogP contribution >= 0.6 is 0 Å². The third-order valence-electron chi connectivity index (χ3n) is 5.06. The van der Waals surface area contributed by atoms with Crippen LogP contribution in [0.4, 0.5) is 0 Å². The summed E-state index contributed by atoms with van der Waals surface area (Å²) in [5, 5.41) is 0. The van der Waals surface area contributed by atoms with Crippen molar-refractivity contribution in [2.75, 3.05) is 0 Å².